The molecular weight excluding hydrogens is 316 g/mol. The second kappa shape index (κ2) is 6.70. The molecule has 0 spiro atoms. The maximum Gasteiger partial charge on any atom is 0.410 e. The minimum absolute atomic E-state index is 0.0308. The Bertz CT molecular complexity index is 657. The normalized spacial score (nSPS) is 21.2. The third-order valence-corrected chi connectivity index (χ3v) is 5.07. The number of rotatable bonds is 2. The predicted octanol–water partition coefficient (Wildman–Crippen LogP) is 3.44. The Morgan fingerprint density at radius 1 is 1.12 bits per heavy atom. The number of carbonyl (C=O) groups is 2. The van der Waals surface area contributed by atoms with Crippen molar-refractivity contribution >= 4 is 17.6 Å². The molecule has 1 amide bonds. The first kappa shape index (κ1) is 17.8. The van der Waals surface area contributed by atoms with Gasteiger partial charge < -0.3 is 14.5 Å². The first-order chi connectivity index (χ1) is 11.8. The third-order valence-electron chi connectivity index (χ3n) is 5.07. The molecule has 25 heavy (non-hydrogen) atoms. The fourth-order valence-electron chi connectivity index (χ4n) is 3.80. The molecule has 136 valence electrons. The van der Waals surface area contributed by atoms with Crippen LogP contribution in [0.1, 0.15) is 45.1 Å². The number of fused-ring (bicyclic) bond motifs is 1. The molecule has 0 bridgehead atoms. The van der Waals surface area contributed by atoms with Crippen LogP contribution < -0.4 is 4.90 Å². The molecule has 3 rings (SSSR count). The van der Waals surface area contributed by atoms with Crippen molar-refractivity contribution in [1.29, 1.82) is 0 Å². The van der Waals surface area contributed by atoms with E-state index in [0.29, 0.717) is 18.9 Å². The number of piperidine rings is 1. The molecule has 0 aliphatic carbocycles. The fourth-order valence-corrected chi connectivity index (χ4v) is 3.80. The van der Waals surface area contributed by atoms with E-state index in [1.165, 1.54) is 0 Å². The van der Waals surface area contributed by atoms with Gasteiger partial charge >= 0.3 is 6.09 Å². The number of para-hydroxylation sites is 1. The number of nitrogens with zero attached hydrogens (tertiary/aromatic N) is 2. The summed E-state index contributed by atoms with van der Waals surface area (Å²) < 4.78 is 5.43. The molecule has 1 atom stereocenters. The van der Waals surface area contributed by atoms with Crippen molar-refractivity contribution in [2.45, 2.75) is 45.1 Å². The molecule has 1 fully saturated rings. The van der Waals surface area contributed by atoms with Crippen molar-refractivity contribution < 1.29 is 14.3 Å². The lowest BCUT2D eigenvalue weighted by molar-refractivity contribution is -0.125. The number of amides is 1. The van der Waals surface area contributed by atoms with Crippen molar-refractivity contribution in [2.75, 3.05) is 31.6 Å². The minimum atomic E-state index is -0.484. The second-order valence-corrected chi connectivity index (χ2v) is 8.14. The summed E-state index contributed by atoms with van der Waals surface area (Å²) in [6.07, 6.45) is 1.17. The van der Waals surface area contributed by atoms with Crippen LogP contribution in [0.5, 0.6) is 0 Å². The number of likely N-dealkylation sites (tertiary alicyclic amines) is 1. The van der Waals surface area contributed by atoms with Crippen molar-refractivity contribution in [3.05, 3.63) is 29.8 Å². The summed E-state index contributed by atoms with van der Waals surface area (Å²) in [6.45, 7) is 7.55. The minimum Gasteiger partial charge on any atom is -0.444 e. The van der Waals surface area contributed by atoms with Crippen molar-refractivity contribution in [2.24, 2.45) is 5.92 Å². The van der Waals surface area contributed by atoms with E-state index in [2.05, 4.69) is 17.0 Å². The van der Waals surface area contributed by atoms with Gasteiger partial charge in [0.05, 0.1) is 5.92 Å². The number of likely N-dealkylation sites (N-methyl/N-ethyl adjacent to an activating group) is 1. The summed E-state index contributed by atoms with van der Waals surface area (Å²) in [5.74, 6) is 0.308. The monoisotopic (exact) mass is 344 g/mol. The lowest BCUT2D eigenvalue weighted by Crippen LogP contribution is -2.43. The van der Waals surface area contributed by atoms with Crippen LogP contribution in [-0.2, 0) is 9.53 Å². The molecule has 0 aromatic heterocycles. The number of hydrogen-bond acceptors (Lipinski definition) is 4. The highest BCUT2D eigenvalue weighted by Crippen LogP contribution is 2.38. The molecule has 0 saturated carbocycles. The Morgan fingerprint density at radius 3 is 2.40 bits per heavy atom. The molecule has 1 saturated heterocycles. The van der Waals surface area contributed by atoms with Gasteiger partial charge in [-0.1, -0.05) is 18.2 Å². The lowest BCUT2D eigenvalue weighted by atomic mass is 9.83. The van der Waals surface area contributed by atoms with Crippen LogP contribution in [0.4, 0.5) is 10.5 Å². The van der Waals surface area contributed by atoms with Crippen molar-refractivity contribution in [1.82, 2.24) is 4.90 Å². The molecule has 1 aromatic rings. The van der Waals surface area contributed by atoms with Crippen molar-refractivity contribution in [3.63, 3.8) is 0 Å². The Hall–Kier alpha value is -2.04. The average Bonchev–Trinajstić information content (AvgIpc) is 2.90. The number of hydrogen-bond donors (Lipinski definition) is 0. The maximum absolute atomic E-state index is 13.1. The van der Waals surface area contributed by atoms with Gasteiger partial charge in [0.25, 0.3) is 0 Å². The summed E-state index contributed by atoms with van der Waals surface area (Å²) >= 11 is 0. The van der Waals surface area contributed by atoms with E-state index in [1.54, 1.807) is 4.90 Å². The van der Waals surface area contributed by atoms with E-state index >= 15 is 0 Å². The van der Waals surface area contributed by atoms with Gasteiger partial charge in [0, 0.05) is 38.3 Å². The summed E-state index contributed by atoms with van der Waals surface area (Å²) in [6, 6.07) is 8.16. The molecule has 1 unspecified atom stereocenters. The molecule has 0 N–H and O–H groups in total. The third kappa shape index (κ3) is 3.80. The molecule has 1 aromatic carbocycles. The number of anilines is 1. The maximum atomic E-state index is 13.1. The largest absolute Gasteiger partial charge is 0.444 e. The van der Waals surface area contributed by atoms with Crippen LogP contribution in [0.2, 0.25) is 0 Å². The van der Waals surface area contributed by atoms with Crippen LogP contribution in [0.3, 0.4) is 0 Å². The van der Waals surface area contributed by atoms with Gasteiger partial charge in [0.15, 0.2) is 0 Å². The quantitative estimate of drug-likeness (QED) is 0.825. The number of ketones is 1. The van der Waals surface area contributed by atoms with Gasteiger partial charge in [0.2, 0.25) is 0 Å². The van der Waals surface area contributed by atoms with E-state index in [9.17, 15) is 9.59 Å². The zero-order valence-corrected chi connectivity index (χ0v) is 15.6. The molecule has 0 radical (unpaired) electrons. The Kier molecular flexibility index (Phi) is 4.76. The van der Waals surface area contributed by atoms with Crippen LogP contribution in [0, 0.1) is 5.92 Å². The van der Waals surface area contributed by atoms with Crippen LogP contribution in [0.15, 0.2) is 24.3 Å². The summed E-state index contributed by atoms with van der Waals surface area (Å²) in [5.41, 5.74) is 1.82. The highest BCUT2D eigenvalue weighted by atomic mass is 16.6. The number of benzene rings is 1. The molecule has 5 heteroatoms. The van der Waals surface area contributed by atoms with Crippen LogP contribution in [0.25, 0.3) is 0 Å². The fraction of sp³-hybridized carbons (Fsp3) is 0.600. The highest BCUT2D eigenvalue weighted by molar-refractivity contribution is 5.92. The Morgan fingerprint density at radius 2 is 1.76 bits per heavy atom. The summed E-state index contributed by atoms with van der Waals surface area (Å²) in [4.78, 5) is 29.1. The molecule has 2 aliphatic rings. The molecule has 5 nitrogen and oxygen atoms in total. The Labute approximate surface area is 149 Å². The van der Waals surface area contributed by atoms with Crippen LogP contribution in [-0.4, -0.2) is 49.1 Å². The van der Waals surface area contributed by atoms with Gasteiger partial charge in [-0.05, 0) is 45.2 Å². The van der Waals surface area contributed by atoms with Gasteiger partial charge in [-0.2, -0.15) is 0 Å². The van der Waals surface area contributed by atoms with Crippen molar-refractivity contribution in [3.8, 4) is 0 Å². The second-order valence-electron chi connectivity index (χ2n) is 8.14. The van der Waals surface area contributed by atoms with Gasteiger partial charge in [0.1, 0.15) is 11.4 Å². The van der Waals surface area contributed by atoms with Crippen LogP contribution >= 0.6 is 0 Å². The van der Waals surface area contributed by atoms with Gasteiger partial charge in [-0.15, -0.1) is 0 Å². The smallest absolute Gasteiger partial charge is 0.410 e. The van der Waals surface area contributed by atoms with E-state index in [4.69, 9.17) is 4.74 Å². The van der Waals surface area contributed by atoms with Gasteiger partial charge in [-0.3, -0.25) is 4.79 Å². The lowest BCUT2D eigenvalue weighted by Gasteiger charge is -2.33. The highest BCUT2D eigenvalue weighted by Gasteiger charge is 2.37. The van der Waals surface area contributed by atoms with E-state index in [-0.39, 0.29) is 17.9 Å². The van der Waals surface area contributed by atoms with E-state index in [1.807, 2.05) is 40.0 Å². The number of carbonyl (C=O) groups excluding carboxylic acids is 2. The van der Waals surface area contributed by atoms with Gasteiger partial charge in [-0.25, -0.2) is 4.79 Å². The Balaban J connectivity index is 1.61. The standard InChI is InChI=1S/C20H28N2O3/c1-20(2,3)25-19(24)22-11-9-14(10-12-22)18(23)16-13-21(4)17-8-6-5-7-15(16)17/h5-8,14,16H,9-13H2,1-4H3. The zero-order chi connectivity index (χ0) is 18.2. The average molecular weight is 344 g/mol. The first-order valence-corrected chi connectivity index (χ1v) is 9.08. The molecular formula is C20H28N2O3. The topological polar surface area (TPSA) is 49.9 Å². The molecule has 2 aliphatic heterocycles. The molecule has 2 heterocycles. The number of ether oxygens (including phenoxy) is 1. The summed E-state index contributed by atoms with van der Waals surface area (Å²) in [5, 5.41) is 0. The summed E-state index contributed by atoms with van der Waals surface area (Å²) in [7, 11) is 2.04. The predicted molar refractivity (Wildman–Crippen MR) is 98.0 cm³/mol. The van der Waals surface area contributed by atoms with E-state index in [0.717, 1.165) is 30.6 Å². The zero-order valence-electron chi connectivity index (χ0n) is 15.6. The SMILES string of the molecule is CN1CC(C(=O)C2CCN(C(=O)OC(C)(C)C)CC2)c2ccccc21. The number of Topliss-reactive ketones (excluding diaryl/α,β-unsaturated/α-hetero) is 1. The van der Waals surface area contributed by atoms with E-state index < -0.39 is 5.60 Å². The first-order valence-electron chi connectivity index (χ1n) is 9.08.